The quantitative estimate of drug-likeness (QED) is 0.783. The van der Waals surface area contributed by atoms with Crippen LogP contribution in [0.25, 0.3) is 0 Å². The van der Waals surface area contributed by atoms with E-state index >= 15 is 0 Å². The van der Waals surface area contributed by atoms with Crippen molar-refractivity contribution in [2.75, 3.05) is 32.8 Å². The van der Waals surface area contributed by atoms with Crippen LogP contribution in [-0.2, 0) is 0 Å². The molecule has 3 heteroatoms. The van der Waals surface area contributed by atoms with Gasteiger partial charge in [-0.2, -0.15) is 0 Å². The summed E-state index contributed by atoms with van der Waals surface area (Å²) in [6, 6.07) is 1.41. The van der Waals surface area contributed by atoms with E-state index in [0.717, 1.165) is 25.6 Å². The van der Waals surface area contributed by atoms with Gasteiger partial charge in [0.05, 0.1) is 0 Å². The summed E-state index contributed by atoms with van der Waals surface area (Å²) in [5.41, 5.74) is 0. The van der Waals surface area contributed by atoms with Crippen LogP contribution >= 0.6 is 0 Å². The number of aliphatic hydroxyl groups excluding tert-OH is 1. The third kappa shape index (κ3) is 2.76. The second-order valence-corrected chi connectivity index (χ2v) is 5.24. The van der Waals surface area contributed by atoms with Crippen LogP contribution in [0.1, 0.15) is 39.0 Å². The number of piperazine rings is 1. The van der Waals surface area contributed by atoms with Crippen LogP contribution in [0.3, 0.4) is 0 Å². The number of hydrogen-bond acceptors (Lipinski definition) is 3. The molecule has 0 aromatic carbocycles. The molecule has 1 aliphatic carbocycles. The molecule has 1 atom stereocenters. The van der Waals surface area contributed by atoms with Crippen LogP contribution in [-0.4, -0.2) is 59.8 Å². The molecule has 1 saturated carbocycles. The zero-order valence-corrected chi connectivity index (χ0v) is 10.6. The molecular weight excluding hydrogens is 200 g/mol. The summed E-state index contributed by atoms with van der Waals surface area (Å²) in [6.07, 6.45) is 6.53. The van der Waals surface area contributed by atoms with Gasteiger partial charge in [-0.25, -0.2) is 0 Å². The molecule has 0 bridgehead atoms. The Labute approximate surface area is 99.4 Å². The van der Waals surface area contributed by atoms with Gasteiger partial charge in [-0.15, -0.1) is 0 Å². The summed E-state index contributed by atoms with van der Waals surface area (Å²) in [5.74, 6) is 0. The van der Waals surface area contributed by atoms with Crippen LogP contribution in [0.2, 0.25) is 0 Å². The maximum absolute atomic E-state index is 9.19. The highest BCUT2D eigenvalue weighted by Crippen LogP contribution is 2.27. The number of nitrogens with zero attached hydrogens (tertiary/aromatic N) is 2. The predicted octanol–water partition coefficient (Wildman–Crippen LogP) is 1.32. The lowest BCUT2D eigenvalue weighted by Gasteiger charge is -2.44. The van der Waals surface area contributed by atoms with Crippen LogP contribution < -0.4 is 0 Å². The molecule has 2 rings (SSSR count). The molecule has 1 aliphatic heterocycles. The Balaban J connectivity index is 1.93. The van der Waals surface area contributed by atoms with Crippen molar-refractivity contribution in [3.8, 4) is 0 Å². The first-order chi connectivity index (χ1) is 7.85. The Morgan fingerprint density at radius 3 is 2.56 bits per heavy atom. The zero-order valence-electron chi connectivity index (χ0n) is 10.6. The van der Waals surface area contributed by atoms with Gasteiger partial charge >= 0.3 is 0 Å². The molecule has 16 heavy (non-hydrogen) atoms. The average Bonchev–Trinajstić information content (AvgIpc) is 2.83. The van der Waals surface area contributed by atoms with Gasteiger partial charge in [-0.3, -0.25) is 4.90 Å². The van der Waals surface area contributed by atoms with E-state index in [2.05, 4.69) is 16.7 Å². The summed E-state index contributed by atoms with van der Waals surface area (Å²) in [4.78, 5) is 5.21. The predicted molar refractivity (Wildman–Crippen MR) is 66.6 cm³/mol. The van der Waals surface area contributed by atoms with Crippen molar-refractivity contribution < 1.29 is 5.11 Å². The zero-order chi connectivity index (χ0) is 11.4. The minimum absolute atomic E-state index is 0.339. The molecule has 2 fully saturated rings. The van der Waals surface area contributed by atoms with E-state index in [1.54, 1.807) is 0 Å². The first-order valence-electron chi connectivity index (χ1n) is 6.94. The lowest BCUT2D eigenvalue weighted by molar-refractivity contribution is 0.0321. The Bertz CT molecular complexity index is 204. The topological polar surface area (TPSA) is 26.7 Å². The van der Waals surface area contributed by atoms with Crippen molar-refractivity contribution in [1.82, 2.24) is 9.80 Å². The van der Waals surface area contributed by atoms with Gasteiger partial charge in [0, 0.05) is 38.3 Å². The minimum Gasteiger partial charge on any atom is -0.396 e. The van der Waals surface area contributed by atoms with Crippen LogP contribution in [0.15, 0.2) is 0 Å². The SMILES string of the molecule is CCN1CCN(C2CCCC2)[C@@H](CCO)C1. The maximum Gasteiger partial charge on any atom is 0.0446 e. The van der Waals surface area contributed by atoms with Crippen LogP contribution in [0, 0.1) is 0 Å². The normalized spacial score (nSPS) is 30.0. The smallest absolute Gasteiger partial charge is 0.0446 e. The van der Waals surface area contributed by atoms with E-state index < -0.39 is 0 Å². The van der Waals surface area contributed by atoms with Crippen molar-refractivity contribution in [3.63, 3.8) is 0 Å². The van der Waals surface area contributed by atoms with Gasteiger partial charge in [0.1, 0.15) is 0 Å². The van der Waals surface area contributed by atoms with E-state index in [4.69, 9.17) is 0 Å². The Morgan fingerprint density at radius 1 is 1.19 bits per heavy atom. The lowest BCUT2D eigenvalue weighted by atomic mass is 10.0. The van der Waals surface area contributed by atoms with Gasteiger partial charge < -0.3 is 10.0 Å². The molecule has 0 amide bonds. The molecule has 1 saturated heterocycles. The summed E-state index contributed by atoms with van der Waals surface area (Å²) in [6.45, 7) is 7.32. The molecule has 0 spiro atoms. The fourth-order valence-electron chi connectivity index (χ4n) is 3.34. The Kier molecular flexibility index (Phi) is 4.62. The average molecular weight is 226 g/mol. The van der Waals surface area contributed by atoms with Gasteiger partial charge in [0.25, 0.3) is 0 Å². The third-order valence-corrected chi connectivity index (χ3v) is 4.32. The standard InChI is InChI=1S/C13H26N2O/c1-2-14-8-9-15(12-5-3-4-6-12)13(11-14)7-10-16/h12-13,16H,2-11H2,1H3/t13-/m0/s1. The van der Waals surface area contributed by atoms with E-state index in [1.807, 2.05) is 0 Å². The highest BCUT2D eigenvalue weighted by molar-refractivity contribution is 4.88. The highest BCUT2D eigenvalue weighted by atomic mass is 16.3. The van der Waals surface area contributed by atoms with Gasteiger partial charge in [0.2, 0.25) is 0 Å². The van der Waals surface area contributed by atoms with Crippen LogP contribution in [0.4, 0.5) is 0 Å². The van der Waals surface area contributed by atoms with Gasteiger partial charge in [-0.05, 0) is 25.8 Å². The molecule has 0 aromatic rings. The fourth-order valence-corrected chi connectivity index (χ4v) is 3.34. The number of aliphatic hydroxyl groups is 1. The van der Waals surface area contributed by atoms with Crippen LogP contribution in [0.5, 0.6) is 0 Å². The Hall–Kier alpha value is -0.120. The molecule has 1 N–H and O–H groups in total. The molecule has 0 aromatic heterocycles. The summed E-state index contributed by atoms with van der Waals surface area (Å²) < 4.78 is 0. The summed E-state index contributed by atoms with van der Waals surface area (Å²) in [7, 11) is 0. The first-order valence-corrected chi connectivity index (χ1v) is 6.94. The molecule has 1 heterocycles. The molecule has 3 nitrogen and oxygen atoms in total. The second kappa shape index (κ2) is 5.99. The van der Waals surface area contributed by atoms with E-state index in [0.29, 0.717) is 12.6 Å². The molecule has 0 radical (unpaired) electrons. The van der Waals surface area contributed by atoms with Crippen molar-refractivity contribution in [1.29, 1.82) is 0 Å². The second-order valence-electron chi connectivity index (χ2n) is 5.24. The lowest BCUT2D eigenvalue weighted by Crippen LogP contribution is -2.56. The highest BCUT2D eigenvalue weighted by Gasteiger charge is 2.32. The molecular formula is C13H26N2O. The fraction of sp³-hybridized carbons (Fsp3) is 1.00. The van der Waals surface area contributed by atoms with Crippen molar-refractivity contribution in [3.05, 3.63) is 0 Å². The number of rotatable bonds is 4. The molecule has 2 aliphatic rings. The van der Waals surface area contributed by atoms with E-state index in [1.165, 1.54) is 38.8 Å². The van der Waals surface area contributed by atoms with E-state index in [9.17, 15) is 5.11 Å². The van der Waals surface area contributed by atoms with E-state index in [-0.39, 0.29) is 0 Å². The van der Waals surface area contributed by atoms with Crippen molar-refractivity contribution in [2.45, 2.75) is 51.1 Å². The molecule has 0 unspecified atom stereocenters. The number of hydrogen-bond donors (Lipinski definition) is 1. The third-order valence-electron chi connectivity index (χ3n) is 4.32. The monoisotopic (exact) mass is 226 g/mol. The maximum atomic E-state index is 9.19. The van der Waals surface area contributed by atoms with Crippen molar-refractivity contribution >= 4 is 0 Å². The molecule has 94 valence electrons. The summed E-state index contributed by atoms with van der Waals surface area (Å²) >= 11 is 0. The largest absolute Gasteiger partial charge is 0.396 e. The first kappa shape index (κ1) is 12.3. The van der Waals surface area contributed by atoms with Crippen molar-refractivity contribution in [2.24, 2.45) is 0 Å². The minimum atomic E-state index is 0.339. The number of likely N-dealkylation sites (N-methyl/N-ethyl adjacent to an activating group) is 1. The van der Waals surface area contributed by atoms with Gasteiger partial charge in [-0.1, -0.05) is 19.8 Å². The Morgan fingerprint density at radius 2 is 1.94 bits per heavy atom. The summed E-state index contributed by atoms with van der Waals surface area (Å²) in [5, 5.41) is 9.19. The van der Waals surface area contributed by atoms with Gasteiger partial charge in [0.15, 0.2) is 0 Å².